The molecule has 2 rings (SSSR count). The molecule has 0 saturated heterocycles. The fourth-order valence-electron chi connectivity index (χ4n) is 2.01. The number of hydrogen-bond acceptors (Lipinski definition) is 3. The Morgan fingerprint density at radius 1 is 1.33 bits per heavy atom. The van der Waals surface area contributed by atoms with E-state index in [0.717, 1.165) is 23.1 Å². The van der Waals surface area contributed by atoms with Crippen molar-refractivity contribution in [3.05, 3.63) is 28.7 Å². The van der Waals surface area contributed by atoms with Gasteiger partial charge in [0.2, 0.25) is 5.91 Å². The van der Waals surface area contributed by atoms with Gasteiger partial charge in [-0.2, -0.15) is 0 Å². The largest absolute Gasteiger partial charge is 0.494 e. The number of rotatable bonds is 8. The predicted molar refractivity (Wildman–Crippen MR) is 81.2 cm³/mol. The molecule has 0 radical (unpaired) electrons. The van der Waals surface area contributed by atoms with Gasteiger partial charge in [-0.05, 0) is 49.4 Å². The average molecular weight is 356 g/mol. The molecule has 0 heterocycles. The molecule has 0 aliphatic heterocycles. The Balaban J connectivity index is 1.64. The average Bonchev–Trinajstić information content (AvgIpc) is 3.27. The lowest BCUT2D eigenvalue weighted by atomic mass is 10.2. The number of carbonyl (C=O) groups is 2. The number of benzene rings is 1. The zero-order valence-electron chi connectivity index (χ0n) is 11.5. The highest BCUT2D eigenvalue weighted by molar-refractivity contribution is 9.10. The first-order valence-electron chi connectivity index (χ1n) is 6.97. The second kappa shape index (κ2) is 7.45. The predicted octanol–water partition coefficient (Wildman–Crippen LogP) is 2.59. The van der Waals surface area contributed by atoms with Gasteiger partial charge >= 0.3 is 5.97 Å². The van der Waals surface area contributed by atoms with Crippen molar-refractivity contribution in [2.75, 3.05) is 6.61 Å². The van der Waals surface area contributed by atoms with Crippen LogP contribution in [0.1, 0.15) is 25.7 Å². The maximum atomic E-state index is 11.7. The highest BCUT2D eigenvalue weighted by atomic mass is 79.9. The maximum absolute atomic E-state index is 11.7. The Morgan fingerprint density at radius 3 is 2.57 bits per heavy atom. The maximum Gasteiger partial charge on any atom is 0.326 e. The molecule has 1 fully saturated rings. The summed E-state index contributed by atoms with van der Waals surface area (Å²) in [5, 5.41) is 11.6. The zero-order chi connectivity index (χ0) is 15.2. The molecule has 1 aliphatic carbocycles. The van der Waals surface area contributed by atoms with Crippen LogP contribution in [0.3, 0.4) is 0 Å². The SMILES string of the molecule is O=C(CCCOc1ccc(Br)cc1)NC(C(=O)O)C1CC1. The van der Waals surface area contributed by atoms with Gasteiger partial charge in [-0.3, -0.25) is 4.79 Å². The van der Waals surface area contributed by atoms with Crippen LogP contribution < -0.4 is 10.1 Å². The third-order valence-corrected chi connectivity index (χ3v) is 3.84. The normalized spacial score (nSPS) is 15.3. The number of ether oxygens (including phenoxy) is 1. The van der Waals surface area contributed by atoms with E-state index in [2.05, 4.69) is 21.2 Å². The van der Waals surface area contributed by atoms with E-state index in [9.17, 15) is 9.59 Å². The van der Waals surface area contributed by atoms with Crippen LogP contribution in [0, 0.1) is 5.92 Å². The monoisotopic (exact) mass is 355 g/mol. The quantitative estimate of drug-likeness (QED) is 0.702. The van der Waals surface area contributed by atoms with Gasteiger partial charge in [-0.1, -0.05) is 15.9 Å². The van der Waals surface area contributed by atoms with E-state index < -0.39 is 12.0 Å². The molecule has 1 aromatic rings. The number of halogens is 1. The second-order valence-electron chi connectivity index (χ2n) is 5.13. The molecule has 5 nitrogen and oxygen atoms in total. The van der Waals surface area contributed by atoms with Gasteiger partial charge in [0.05, 0.1) is 6.61 Å². The van der Waals surface area contributed by atoms with Gasteiger partial charge in [-0.15, -0.1) is 0 Å². The zero-order valence-corrected chi connectivity index (χ0v) is 13.1. The minimum absolute atomic E-state index is 0.102. The lowest BCUT2D eigenvalue weighted by Gasteiger charge is -2.13. The lowest BCUT2D eigenvalue weighted by Crippen LogP contribution is -2.42. The summed E-state index contributed by atoms with van der Waals surface area (Å²) in [5.41, 5.74) is 0. The van der Waals surface area contributed by atoms with E-state index in [1.807, 2.05) is 24.3 Å². The van der Waals surface area contributed by atoms with Gasteiger partial charge in [-0.25, -0.2) is 4.79 Å². The topological polar surface area (TPSA) is 75.6 Å². The fraction of sp³-hybridized carbons (Fsp3) is 0.467. The van der Waals surface area contributed by atoms with Gasteiger partial charge in [0, 0.05) is 10.9 Å². The first-order chi connectivity index (χ1) is 10.1. The molecule has 21 heavy (non-hydrogen) atoms. The number of aliphatic carboxylic acids is 1. The van der Waals surface area contributed by atoms with E-state index in [4.69, 9.17) is 9.84 Å². The summed E-state index contributed by atoms with van der Waals surface area (Å²) < 4.78 is 6.49. The minimum atomic E-state index is -0.947. The van der Waals surface area contributed by atoms with Gasteiger partial charge in [0.1, 0.15) is 11.8 Å². The molecular weight excluding hydrogens is 338 g/mol. The van der Waals surface area contributed by atoms with Crippen molar-refractivity contribution in [2.24, 2.45) is 5.92 Å². The summed E-state index contributed by atoms with van der Waals surface area (Å²) in [4.78, 5) is 22.7. The van der Waals surface area contributed by atoms with Gasteiger partial charge in [0.15, 0.2) is 0 Å². The van der Waals surface area contributed by atoms with E-state index in [1.165, 1.54) is 0 Å². The molecule has 1 unspecified atom stereocenters. The third-order valence-electron chi connectivity index (χ3n) is 3.31. The summed E-state index contributed by atoms with van der Waals surface area (Å²) in [6, 6.07) is 6.73. The highest BCUT2D eigenvalue weighted by Gasteiger charge is 2.37. The Morgan fingerprint density at radius 2 is 2.00 bits per heavy atom. The number of nitrogens with one attached hydrogen (secondary N) is 1. The Kier molecular flexibility index (Phi) is 5.61. The number of hydrogen-bond donors (Lipinski definition) is 2. The summed E-state index contributed by atoms with van der Waals surface area (Å²) in [6.45, 7) is 0.427. The van der Waals surface area contributed by atoms with Crippen molar-refractivity contribution >= 4 is 27.8 Å². The molecule has 2 N–H and O–H groups in total. The molecule has 1 amide bonds. The number of carbonyl (C=O) groups excluding carboxylic acids is 1. The Hall–Kier alpha value is -1.56. The molecule has 0 spiro atoms. The Bertz CT molecular complexity index is 499. The number of amides is 1. The summed E-state index contributed by atoms with van der Waals surface area (Å²) >= 11 is 3.34. The van der Waals surface area contributed by atoms with E-state index in [1.54, 1.807) is 0 Å². The van der Waals surface area contributed by atoms with Gasteiger partial charge in [0.25, 0.3) is 0 Å². The minimum Gasteiger partial charge on any atom is -0.494 e. The standard InChI is InChI=1S/C15H18BrNO4/c16-11-5-7-12(8-6-11)21-9-1-2-13(18)17-14(15(19)20)10-3-4-10/h5-8,10,14H,1-4,9H2,(H,17,18)(H,19,20). The van der Waals surface area contributed by atoms with Crippen LogP contribution in [0.5, 0.6) is 5.75 Å². The molecule has 1 aliphatic rings. The van der Waals surface area contributed by atoms with E-state index >= 15 is 0 Å². The summed E-state index contributed by atoms with van der Waals surface area (Å²) in [7, 11) is 0. The molecule has 1 saturated carbocycles. The van der Waals surface area contributed by atoms with Crippen LogP contribution in [0.4, 0.5) is 0 Å². The second-order valence-corrected chi connectivity index (χ2v) is 6.04. The number of carboxylic acids is 1. The lowest BCUT2D eigenvalue weighted by molar-refractivity contribution is -0.142. The molecule has 114 valence electrons. The highest BCUT2D eigenvalue weighted by Crippen LogP contribution is 2.32. The molecule has 0 bridgehead atoms. The molecule has 1 aromatic carbocycles. The van der Waals surface area contributed by atoms with E-state index in [-0.39, 0.29) is 18.2 Å². The molecular formula is C15H18BrNO4. The third kappa shape index (κ3) is 5.38. The molecule has 1 atom stereocenters. The van der Waals surface area contributed by atoms with Crippen molar-refractivity contribution in [1.82, 2.24) is 5.32 Å². The van der Waals surface area contributed by atoms with Gasteiger partial charge < -0.3 is 15.2 Å². The fourth-order valence-corrected chi connectivity index (χ4v) is 2.27. The number of carboxylic acid groups (broad SMARTS) is 1. The molecule has 6 heteroatoms. The van der Waals surface area contributed by atoms with Crippen molar-refractivity contribution in [3.8, 4) is 5.75 Å². The Labute approximate surface area is 131 Å². The van der Waals surface area contributed by atoms with Crippen LogP contribution in [0.15, 0.2) is 28.7 Å². The smallest absolute Gasteiger partial charge is 0.326 e. The van der Waals surface area contributed by atoms with Crippen molar-refractivity contribution in [2.45, 2.75) is 31.7 Å². The van der Waals surface area contributed by atoms with Crippen molar-refractivity contribution in [3.63, 3.8) is 0 Å². The first kappa shape index (κ1) is 15.8. The van der Waals surface area contributed by atoms with Crippen LogP contribution in [0.2, 0.25) is 0 Å². The summed E-state index contributed by atoms with van der Waals surface area (Å²) in [6.07, 6.45) is 2.58. The van der Waals surface area contributed by atoms with Crippen LogP contribution in [0.25, 0.3) is 0 Å². The van der Waals surface area contributed by atoms with E-state index in [0.29, 0.717) is 13.0 Å². The molecule has 0 aromatic heterocycles. The van der Waals surface area contributed by atoms with Crippen molar-refractivity contribution < 1.29 is 19.4 Å². The van der Waals surface area contributed by atoms with Crippen molar-refractivity contribution in [1.29, 1.82) is 0 Å². The van der Waals surface area contributed by atoms with Crippen LogP contribution >= 0.6 is 15.9 Å². The first-order valence-corrected chi connectivity index (χ1v) is 7.76. The van der Waals surface area contributed by atoms with Crippen LogP contribution in [-0.4, -0.2) is 29.6 Å². The summed E-state index contributed by atoms with van der Waals surface area (Å²) in [5.74, 6) is -0.323. The van der Waals surface area contributed by atoms with Crippen LogP contribution in [-0.2, 0) is 9.59 Å².